The van der Waals surface area contributed by atoms with Crippen molar-refractivity contribution in [2.75, 3.05) is 0 Å². The number of hydrogen-bond donors (Lipinski definition) is 1. The fraction of sp³-hybridized carbons (Fsp3) is 0.120. The van der Waals surface area contributed by atoms with E-state index in [0.717, 1.165) is 30.1 Å². The molecule has 4 aromatic rings. The van der Waals surface area contributed by atoms with Gasteiger partial charge in [0.25, 0.3) is 0 Å². The van der Waals surface area contributed by atoms with E-state index in [1.807, 2.05) is 0 Å². The second kappa shape index (κ2) is 9.96. The molecule has 3 aromatic carbocycles. The van der Waals surface area contributed by atoms with Gasteiger partial charge in [-0.25, -0.2) is 10.2 Å². The van der Waals surface area contributed by atoms with Gasteiger partial charge in [0.1, 0.15) is 0 Å². The molecule has 1 atom stereocenters. The topological polar surface area (TPSA) is 53.8 Å². The van der Waals surface area contributed by atoms with Crippen LogP contribution in [0, 0.1) is 5.41 Å². The van der Waals surface area contributed by atoms with Crippen molar-refractivity contribution >= 4 is 17.0 Å². The highest BCUT2D eigenvalue weighted by molar-refractivity contribution is 5.78. The van der Waals surface area contributed by atoms with Crippen LogP contribution in [0.4, 0.5) is 0 Å². The first kappa shape index (κ1) is 19.2. The Morgan fingerprint density at radius 2 is 1.36 bits per heavy atom. The Morgan fingerprint density at radius 3 is 2.07 bits per heavy atom. The van der Waals surface area contributed by atoms with Crippen LogP contribution < -0.4 is 0 Å². The minimum Gasteiger partial charge on any atom is -0.253 e. The summed E-state index contributed by atoms with van der Waals surface area (Å²) in [6.45, 7) is 0. The van der Waals surface area contributed by atoms with Gasteiger partial charge in [0, 0.05) is 11.1 Å². The Balaban J connectivity index is 0.000000706. The average Bonchev–Trinajstić information content (AvgIpc) is 2.75. The number of carbonyl (C=O) groups excluding carboxylic acids is 1. The van der Waals surface area contributed by atoms with E-state index in [4.69, 9.17) is 15.2 Å². The molecule has 0 unspecified atom stereocenters. The Bertz CT molecular complexity index is 1040. The van der Waals surface area contributed by atoms with E-state index in [9.17, 15) is 0 Å². The maximum atomic E-state index is 8.35. The zero-order valence-electron chi connectivity index (χ0n) is 15.6. The zero-order chi connectivity index (χ0) is 19.6. The number of pyridine rings is 1. The van der Waals surface area contributed by atoms with Crippen LogP contribution in [0.5, 0.6) is 0 Å². The number of nitrogens with zero attached hydrogens (tertiary/aromatic N) is 1. The lowest BCUT2D eigenvalue weighted by atomic mass is 9.88. The molecule has 0 amide bonds. The summed E-state index contributed by atoms with van der Waals surface area (Å²) in [6.07, 6.45) is 2.73. The molecular formula is C25H22N2O. The maximum Gasteiger partial charge on any atom is 0.231 e. The predicted octanol–water partition coefficient (Wildman–Crippen LogP) is 5.70. The van der Waals surface area contributed by atoms with Crippen LogP contribution >= 0.6 is 0 Å². The number of isocyanates is 1. The molecule has 3 heteroatoms. The van der Waals surface area contributed by atoms with Gasteiger partial charge in [-0.2, -0.15) is 0 Å². The van der Waals surface area contributed by atoms with Crippen LogP contribution in [0.25, 0.3) is 10.9 Å². The van der Waals surface area contributed by atoms with Crippen LogP contribution in [0.15, 0.2) is 97.1 Å². The molecule has 1 N–H and O–H groups in total. The summed E-state index contributed by atoms with van der Waals surface area (Å²) in [6, 6.07) is 34.2. The third-order valence-corrected chi connectivity index (χ3v) is 4.71. The van der Waals surface area contributed by atoms with Crippen molar-refractivity contribution in [2.24, 2.45) is 0 Å². The molecule has 0 radical (unpaired) electrons. The summed E-state index contributed by atoms with van der Waals surface area (Å²) in [4.78, 5) is 13.2. The molecule has 1 heterocycles. The SMILES string of the molecule is N=C=O.c1ccc(C[C@H](Cc2ccc3ccccc3n2)c2ccccc2)cc1. The highest BCUT2D eigenvalue weighted by Gasteiger charge is 2.14. The summed E-state index contributed by atoms with van der Waals surface area (Å²) >= 11 is 0. The number of benzene rings is 3. The first-order chi connectivity index (χ1) is 13.8. The minimum atomic E-state index is 0.428. The van der Waals surface area contributed by atoms with Crippen molar-refractivity contribution < 1.29 is 4.79 Å². The number of hydrogen-bond acceptors (Lipinski definition) is 3. The van der Waals surface area contributed by atoms with Crippen LogP contribution in [-0.4, -0.2) is 11.1 Å². The number of aromatic nitrogens is 1. The van der Waals surface area contributed by atoms with Gasteiger partial charge in [-0.15, -0.1) is 0 Å². The second-order valence-corrected chi connectivity index (χ2v) is 6.60. The lowest BCUT2D eigenvalue weighted by Crippen LogP contribution is -2.08. The summed E-state index contributed by atoms with van der Waals surface area (Å²) in [5, 5.41) is 6.60. The summed E-state index contributed by atoms with van der Waals surface area (Å²) < 4.78 is 0. The predicted molar refractivity (Wildman–Crippen MR) is 113 cm³/mol. The van der Waals surface area contributed by atoms with E-state index in [0.29, 0.717) is 5.92 Å². The Kier molecular flexibility index (Phi) is 6.84. The first-order valence-corrected chi connectivity index (χ1v) is 9.27. The lowest BCUT2D eigenvalue weighted by molar-refractivity contribution is 0.563. The number of fused-ring (bicyclic) bond motifs is 1. The maximum absolute atomic E-state index is 8.35. The Hall–Kier alpha value is -3.55. The van der Waals surface area contributed by atoms with E-state index in [1.54, 1.807) is 0 Å². The standard InChI is InChI=1S/C24H21N.CHNO/c1-3-9-19(10-4-1)17-22(20-11-5-2-6-12-20)18-23-16-15-21-13-7-8-14-24(21)25-23;2-1-3/h1-16,22H,17-18H2;2H/t22-;/m1./s1. The molecule has 138 valence electrons. The molecule has 0 aliphatic carbocycles. The fourth-order valence-corrected chi connectivity index (χ4v) is 3.41. The monoisotopic (exact) mass is 366 g/mol. The molecule has 0 aliphatic rings. The molecule has 0 bridgehead atoms. The largest absolute Gasteiger partial charge is 0.253 e. The first-order valence-electron chi connectivity index (χ1n) is 9.27. The molecule has 0 fully saturated rings. The fourth-order valence-electron chi connectivity index (χ4n) is 3.41. The van der Waals surface area contributed by atoms with Gasteiger partial charge in [-0.05, 0) is 42.0 Å². The van der Waals surface area contributed by atoms with E-state index in [-0.39, 0.29) is 0 Å². The highest BCUT2D eigenvalue weighted by Crippen LogP contribution is 2.25. The van der Waals surface area contributed by atoms with Crippen molar-refractivity contribution in [1.82, 2.24) is 4.98 Å². The van der Waals surface area contributed by atoms with Crippen molar-refractivity contribution in [3.8, 4) is 0 Å². The quantitative estimate of drug-likeness (QED) is 0.363. The summed E-state index contributed by atoms with van der Waals surface area (Å²) in [7, 11) is 0. The molecule has 1 aromatic heterocycles. The molecule has 0 spiro atoms. The summed E-state index contributed by atoms with van der Waals surface area (Å²) in [5.41, 5.74) is 4.98. The minimum absolute atomic E-state index is 0.428. The van der Waals surface area contributed by atoms with Crippen LogP contribution in [-0.2, 0) is 17.6 Å². The lowest BCUT2D eigenvalue weighted by Gasteiger charge is -2.18. The van der Waals surface area contributed by atoms with E-state index >= 15 is 0 Å². The molecule has 0 aliphatic heterocycles. The number of para-hydroxylation sites is 1. The van der Waals surface area contributed by atoms with Crippen molar-refractivity contribution in [2.45, 2.75) is 18.8 Å². The molecule has 4 rings (SSSR count). The number of nitrogens with one attached hydrogen (secondary N) is 1. The molecule has 3 nitrogen and oxygen atoms in total. The van der Waals surface area contributed by atoms with Crippen LogP contribution in [0.2, 0.25) is 0 Å². The van der Waals surface area contributed by atoms with Crippen molar-refractivity contribution in [3.63, 3.8) is 0 Å². The van der Waals surface area contributed by atoms with E-state index in [2.05, 4.69) is 97.1 Å². The van der Waals surface area contributed by atoms with Crippen LogP contribution in [0.3, 0.4) is 0 Å². The van der Waals surface area contributed by atoms with Gasteiger partial charge in [-0.3, -0.25) is 4.98 Å². The van der Waals surface area contributed by atoms with Crippen LogP contribution in [0.1, 0.15) is 22.7 Å². The van der Waals surface area contributed by atoms with E-state index in [1.165, 1.54) is 16.5 Å². The number of rotatable bonds is 5. The van der Waals surface area contributed by atoms with E-state index < -0.39 is 0 Å². The van der Waals surface area contributed by atoms with Gasteiger partial charge in [0.2, 0.25) is 6.08 Å². The van der Waals surface area contributed by atoms with Gasteiger partial charge < -0.3 is 0 Å². The third-order valence-electron chi connectivity index (χ3n) is 4.71. The zero-order valence-corrected chi connectivity index (χ0v) is 15.6. The Labute approximate surface area is 165 Å². The molecular weight excluding hydrogens is 344 g/mol. The van der Waals surface area contributed by atoms with Crippen molar-refractivity contribution in [1.29, 1.82) is 5.41 Å². The Morgan fingerprint density at radius 1 is 0.750 bits per heavy atom. The highest BCUT2D eigenvalue weighted by atomic mass is 16.1. The third kappa shape index (κ3) is 5.23. The van der Waals surface area contributed by atoms with Crippen molar-refractivity contribution in [3.05, 3.63) is 114 Å². The molecule has 0 saturated carbocycles. The average molecular weight is 366 g/mol. The van der Waals surface area contributed by atoms with Gasteiger partial charge in [0.15, 0.2) is 0 Å². The second-order valence-electron chi connectivity index (χ2n) is 6.60. The van der Waals surface area contributed by atoms with Gasteiger partial charge in [0.05, 0.1) is 5.52 Å². The van der Waals surface area contributed by atoms with Gasteiger partial charge in [-0.1, -0.05) is 84.9 Å². The van der Waals surface area contributed by atoms with Gasteiger partial charge >= 0.3 is 0 Å². The summed E-state index contributed by atoms with van der Waals surface area (Å²) in [5.74, 6) is 0.428. The normalized spacial score (nSPS) is 11.1. The molecule has 0 saturated heterocycles. The molecule has 28 heavy (non-hydrogen) atoms. The smallest absolute Gasteiger partial charge is 0.231 e.